The largest absolute Gasteiger partial charge is 0.507 e. The summed E-state index contributed by atoms with van der Waals surface area (Å²) in [6.45, 7) is 26.3. The number of rotatable bonds is 10. The van der Waals surface area contributed by atoms with Gasteiger partial charge in [-0.05, 0) is 127 Å². The number of aromatic nitrogens is 3. The standard InChI is InChI=1S/C63H70N3O.Pt/c1-37(2)45-28-46(38(3)4)30-48(29-45)43-21-24-57(41(9)27-43)66-58-18-16-17-53(59(58)65-61(66)55-35-47(39(5)6)34-54(40(7)8)60(55)67)49-31-50(33-52(32-49)63(13,14)15)56-36-44(25-26-64-56)42-19-22-51(23-20-42)62(10,11)12;/h16-30,32-40,67H,1-15H3;/q-1;/i9D3,37D,38D;. The molecule has 0 unspecified atom stereocenters. The molecule has 5 heteroatoms. The van der Waals surface area contributed by atoms with Crippen molar-refractivity contribution in [1.82, 2.24) is 14.5 Å². The summed E-state index contributed by atoms with van der Waals surface area (Å²) < 4.78 is 47.1. The number of pyridine rings is 1. The van der Waals surface area contributed by atoms with Crippen molar-refractivity contribution < 1.29 is 33.0 Å². The molecule has 8 aromatic rings. The van der Waals surface area contributed by atoms with Crippen LogP contribution in [-0.2, 0) is 31.9 Å². The summed E-state index contributed by atoms with van der Waals surface area (Å²) in [6, 6.07) is 42.3. The van der Waals surface area contributed by atoms with Crippen LogP contribution in [0, 0.1) is 12.9 Å². The first-order valence-electron chi connectivity index (χ1n) is 26.3. The Hall–Kier alpha value is -5.57. The Morgan fingerprint density at radius 1 is 0.603 bits per heavy atom. The third-order valence-corrected chi connectivity index (χ3v) is 13.2. The number of benzene rings is 6. The second-order valence-corrected chi connectivity index (χ2v) is 21.5. The van der Waals surface area contributed by atoms with Crippen molar-refractivity contribution in [2.24, 2.45) is 0 Å². The van der Waals surface area contributed by atoms with Crippen LogP contribution in [0.5, 0.6) is 5.75 Å². The zero-order valence-electron chi connectivity index (χ0n) is 47.3. The van der Waals surface area contributed by atoms with Crippen molar-refractivity contribution >= 4 is 11.0 Å². The number of aryl methyl sites for hydroxylation is 1. The van der Waals surface area contributed by atoms with Crippen LogP contribution in [0.4, 0.5) is 0 Å². The van der Waals surface area contributed by atoms with Gasteiger partial charge in [0.1, 0.15) is 11.6 Å². The summed E-state index contributed by atoms with van der Waals surface area (Å²) in [7, 11) is 0. The minimum atomic E-state index is -2.59. The second kappa shape index (κ2) is 19.4. The number of phenols is 1. The molecule has 6 aromatic carbocycles. The van der Waals surface area contributed by atoms with Gasteiger partial charge in [-0.1, -0.05) is 181 Å². The predicted molar refractivity (Wildman–Crippen MR) is 285 cm³/mol. The van der Waals surface area contributed by atoms with Gasteiger partial charge in [0.25, 0.3) is 0 Å². The summed E-state index contributed by atoms with van der Waals surface area (Å²) in [4.78, 5) is 10.4. The number of hydrogen-bond acceptors (Lipinski definition) is 3. The number of fused-ring (bicyclic) bond motifs is 1. The number of aromatic hydroxyl groups is 1. The van der Waals surface area contributed by atoms with Gasteiger partial charge in [0.2, 0.25) is 0 Å². The Balaban J connectivity index is 0.00000780. The molecule has 0 saturated heterocycles. The number of nitrogens with zero attached hydrogens (tertiary/aromatic N) is 3. The van der Waals surface area contributed by atoms with E-state index in [1.807, 2.05) is 99.1 Å². The van der Waals surface area contributed by atoms with Crippen molar-refractivity contribution in [1.29, 1.82) is 0 Å². The Bertz CT molecular complexity index is 3310. The summed E-state index contributed by atoms with van der Waals surface area (Å²) in [5.41, 5.74) is 14.4. The average Bonchev–Trinajstić information content (AvgIpc) is 3.69. The van der Waals surface area contributed by atoms with Crippen molar-refractivity contribution in [3.05, 3.63) is 166 Å². The van der Waals surface area contributed by atoms with E-state index in [9.17, 15) is 5.11 Å². The fourth-order valence-corrected chi connectivity index (χ4v) is 8.85. The van der Waals surface area contributed by atoms with Crippen LogP contribution in [-0.4, -0.2) is 19.6 Å². The van der Waals surface area contributed by atoms with Gasteiger partial charge in [-0.15, -0.1) is 29.3 Å². The topological polar surface area (TPSA) is 50.9 Å². The Kier molecular flexibility index (Phi) is 12.5. The van der Waals surface area contributed by atoms with E-state index < -0.39 is 18.6 Å². The van der Waals surface area contributed by atoms with Gasteiger partial charge in [-0.3, -0.25) is 9.55 Å². The zero-order valence-corrected chi connectivity index (χ0v) is 44.6. The fourth-order valence-electron chi connectivity index (χ4n) is 8.85. The molecule has 2 aromatic heterocycles. The summed E-state index contributed by atoms with van der Waals surface area (Å²) in [5, 5.41) is 12.3. The maximum atomic E-state index is 12.3. The van der Waals surface area contributed by atoms with Gasteiger partial charge in [-0.2, -0.15) is 0 Å². The second-order valence-electron chi connectivity index (χ2n) is 21.5. The first-order chi connectivity index (χ1) is 33.4. The molecule has 8 rings (SSSR count). The summed E-state index contributed by atoms with van der Waals surface area (Å²) in [5.74, 6) is -1.30. The molecule has 0 amide bonds. The molecular weight excluding hydrogens is 1010 g/mol. The van der Waals surface area contributed by atoms with E-state index in [0.717, 1.165) is 66.9 Å². The van der Waals surface area contributed by atoms with E-state index in [1.165, 1.54) is 5.56 Å². The van der Waals surface area contributed by atoms with Crippen LogP contribution >= 0.6 is 0 Å². The van der Waals surface area contributed by atoms with Crippen LogP contribution in [0.25, 0.3) is 72.7 Å². The van der Waals surface area contributed by atoms with Crippen LogP contribution in [0.3, 0.4) is 0 Å². The summed E-state index contributed by atoms with van der Waals surface area (Å²) in [6.07, 6.45) is 1.85. The first kappa shape index (κ1) is 43.7. The van der Waals surface area contributed by atoms with Gasteiger partial charge in [0.15, 0.2) is 0 Å². The maximum absolute atomic E-state index is 12.3. The molecule has 2 heterocycles. The molecule has 0 saturated carbocycles. The van der Waals surface area contributed by atoms with Crippen LogP contribution in [0.2, 0.25) is 0 Å². The van der Waals surface area contributed by atoms with Gasteiger partial charge in [-0.25, -0.2) is 4.98 Å². The summed E-state index contributed by atoms with van der Waals surface area (Å²) >= 11 is 0. The molecule has 0 aliphatic carbocycles. The van der Waals surface area contributed by atoms with Gasteiger partial charge < -0.3 is 5.11 Å². The molecule has 0 atom stereocenters. The maximum Gasteiger partial charge on any atom is 0.148 e. The smallest absolute Gasteiger partial charge is 0.148 e. The average molecular weight is 1090 g/mol. The third kappa shape index (κ3) is 10.1. The predicted octanol–water partition coefficient (Wildman–Crippen LogP) is 17.7. The molecule has 354 valence electrons. The molecule has 0 spiro atoms. The number of hydrogen-bond donors (Lipinski definition) is 1. The van der Waals surface area contributed by atoms with Crippen molar-refractivity contribution in [3.63, 3.8) is 0 Å². The molecule has 0 radical (unpaired) electrons. The van der Waals surface area contributed by atoms with Crippen molar-refractivity contribution in [3.8, 4) is 67.5 Å². The van der Waals surface area contributed by atoms with Crippen LogP contribution in [0.1, 0.15) is 166 Å². The number of para-hydroxylation sites is 1. The molecule has 0 aliphatic heterocycles. The molecule has 1 N–H and O–H groups in total. The normalized spacial score (nSPS) is 13.8. The van der Waals surface area contributed by atoms with Crippen molar-refractivity contribution in [2.75, 3.05) is 0 Å². The monoisotopic (exact) mass is 1080 g/mol. The number of imidazole rings is 1. The SMILES string of the molecule is [2H]C([2H])([2H])c1cc(-c2cc(C([2H])(C)C)cc(C([2H])(C)C)c2)ccc1-n1c(-c2cc(C(C)C)cc(C(C)C)c2O)nc2c(-c3[c-]c(-c4cc(-c5ccc(C(C)(C)C)cc5)ccn4)cc(C(C)(C)C)c3)cccc21.[Pt]. The third-order valence-electron chi connectivity index (χ3n) is 13.2. The van der Waals surface area contributed by atoms with Gasteiger partial charge in [0, 0.05) is 39.8 Å². The van der Waals surface area contributed by atoms with E-state index in [-0.39, 0.29) is 55.0 Å². The quantitative estimate of drug-likeness (QED) is 0.139. The fraction of sp³-hybridized carbons (Fsp3) is 0.333. The molecule has 4 nitrogen and oxygen atoms in total. The molecule has 68 heavy (non-hydrogen) atoms. The molecular formula is C63H70N3OPt-. The molecule has 0 aliphatic rings. The van der Waals surface area contributed by atoms with E-state index in [0.29, 0.717) is 33.7 Å². The van der Waals surface area contributed by atoms with Crippen LogP contribution in [0.15, 0.2) is 121 Å². The Morgan fingerprint density at radius 3 is 1.84 bits per heavy atom. The molecule has 0 bridgehead atoms. The Labute approximate surface area is 428 Å². The molecule has 0 fully saturated rings. The van der Waals surface area contributed by atoms with E-state index in [4.69, 9.17) is 16.8 Å². The minimum absolute atomic E-state index is 0. The first-order valence-corrected chi connectivity index (χ1v) is 23.8. The number of phenolic OH excluding ortho intramolecular Hbond substituents is 1. The zero-order chi connectivity index (χ0) is 52.6. The van der Waals surface area contributed by atoms with Gasteiger partial charge in [0.05, 0.1) is 22.3 Å². The van der Waals surface area contributed by atoms with E-state index >= 15 is 0 Å². The van der Waals surface area contributed by atoms with Crippen LogP contribution < -0.4 is 0 Å². The van der Waals surface area contributed by atoms with Crippen molar-refractivity contribution in [2.45, 2.75) is 138 Å². The van der Waals surface area contributed by atoms with Gasteiger partial charge >= 0.3 is 0 Å². The van der Waals surface area contributed by atoms with E-state index in [2.05, 4.69) is 124 Å². The minimum Gasteiger partial charge on any atom is -0.507 e. The Morgan fingerprint density at radius 2 is 1.24 bits per heavy atom. The van der Waals surface area contributed by atoms with E-state index in [1.54, 1.807) is 6.07 Å².